The molecule has 2 aromatic rings. The van der Waals surface area contributed by atoms with E-state index in [4.69, 9.17) is 4.74 Å². The van der Waals surface area contributed by atoms with Crippen molar-refractivity contribution >= 4 is 10.0 Å². The first-order valence-corrected chi connectivity index (χ1v) is 7.80. The highest BCUT2D eigenvalue weighted by atomic mass is 32.2. The average molecular weight is 293 g/mol. The van der Waals surface area contributed by atoms with Crippen LogP contribution in [0.2, 0.25) is 0 Å². The van der Waals surface area contributed by atoms with Gasteiger partial charge in [0.2, 0.25) is 10.0 Å². The van der Waals surface area contributed by atoms with E-state index in [-0.39, 0.29) is 17.5 Å². The topological polar surface area (TPSA) is 73.2 Å². The molecule has 1 aromatic carbocycles. The smallest absolute Gasteiger partial charge is 0.240 e. The van der Waals surface area contributed by atoms with Crippen LogP contribution in [0.15, 0.2) is 47.6 Å². The van der Waals surface area contributed by atoms with Crippen LogP contribution in [0.3, 0.4) is 0 Å². The molecule has 1 aliphatic heterocycles. The van der Waals surface area contributed by atoms with Crippen LogP contribution in [0.1, 0.15) is 5.82 Å². The van der Waals surface area contributed by atoms with Gasteiger partial charge in [0.15, 0.2) is 0 Å². The van der Waals surface area contributed by atoms with E-state index >= 15 is 0 Å². The number of imidazole rings is 1. The number of sulfonamides is 1. The van der Waals surface area contributed by atoms with Crippen LogP contribution in [0, 0.1) is 0 Å². The van der Waals surface area contributed by atoms with Crippen LogP contribution >= 0.6 is 0 Å². The third kappa shape index (κ3) is 2.74. The lowest BCUT2D eigenvalue weighted by Gasteiger charge is -2.24. The number of hydrogen-bond acceptors (Lipinski definition) is 4. The second kappa shape index (κ2) is 5.35. The van der Waals surface area contributed by atoms with Gasteiger partial charge in [0.25, 0.3) is 0 Å². The first-order valence-electron chi connectivity index (χ1n) is 6.31. The van der Waals surface area contributed by atoms with E-state index in [1.54, 1.807) is 36.5 Å². The van der Waals surface area contributed by atoms with Crippen LogP contribution in [-0.4, -0.2) is 30.6 Å². The first kappa shape index (κ1) is 13.3. The quantitative estimate of drug-likeness (QED) is 0.903. The maximum absolute atomic E-state index is 12.1. The molecule has 106 valence electrons. The van der Waals surface area contributed by atoms with E-state index in [1.807, 2.05) is 10.8 Å². The molecule has 2 heterocycles. The number of fused-ring (bicyclic) bond motifs is 1. The number of rotatable bonds is 4. The largest absolute Gasteiger partial charge is 0.367 e. The summed E-state index contributed by atoms with van der Waals surface area (Å²) in [5, 5.41) is 0. The molecule has 1 aliphatic rings. The molecule has 6 nitrogen and oxygen atoms in total. The van der Waals surface area contributed by atoms with Crippen molar-refractivity contribution in [3.05, 3.63) is 48.5 Å². The lowest BCUT2D eigenvalue weighted by atomic mass is 10.3. The van der Waals surface area contributed by atoms with Gasteiger partial charge in [-0.05, 0) is 12.1 Å². The highest BCUT2D eigenvalue weighted by Gasteiger charge is 2.22. The zero-order chi connectivity index (χ0) is 14.0. The normalized spacial score (nSPS) is 18.7. The summed E-state index contributed by atoms with van der Waals surface area (Å²) in [4.78, 5) is 4.41. The van der Waals surface area contributed by atoms with Gasteiger partial charge < -0.3 is 9.30 Å². The number of ether oxygens (including phenoxy) is 1. The summed E-state index contributed by atoms with van der Waals surface area (Å²) >= 11 is 0. The molecule has 0 radical (unpaired) electrons. The molecule has 0 saturated carbocycles. The summed E-state index contributed by atoms with van der Waals surface area (Å²) in [7, 11) is -3.48. The Hall–Kier alpha value is -1.70. The van der Waals surface area contributed by atoms with Crippen LogP contribution in [-0.2, 0) is 27.9 Å². The predicted molar refractivity (Wildman–Crippen MR) is 72.4 cm³/mol. The highest BCUT2D eigenvalue weighted by molar-refractivity contribution is 7.89. The van der Waals surface area contributed by atoms with Gasteiger partial charge in [0, 0.05) is 18.9 Å². The van der Waals surface area contributed by atoms with Crippen LogP contribution in [0.4, 0.5) is 0 Å². The summed E-state index contributed by atoms with van der Waals surface area (Å²) in [5.74, 6) is 0.868. The standard InChI is InChI=1S/C13H15N3O3S/c17-20(18,12-4-2-1-3-5-12)15-8-11-9-16-7-6-14-13(16)10-19-11/h1-7,11,15H,8-10H2/t11-/m0/s1. The number of hydrogen-bond donors (Lipinski definition) is 1. The summed E-state index contributed by atoms with van der Waals surface area (Å²) < 4.78 is 34.3. The minimum atomic E-state index is -3.48. The van der Waals surface area contributed by atoms with Crippen molar-refractivity contribution in [2.24, 2.45) is 0 Å². The molecule has 7 heteroatoms. The Labute approximate surface area is 117 Å². The van der Waals surface area contributed by atoms with E-state index in [2.05, 4.69) is 9.71 Å². The maximum Gasteiger partial charge on any atom is 0.240 e. The summed E-state index contributed by atoms with van der Waals surface area (Å²) in [6.07, 6.45) is 3.40. The second-order valence-electron chi connectivity index (χ2n) is 4.59. The van der Waals surface area contributed by atoms with E-state index in [1.165, 1.54) is 0 Å². The van der Waals surface area contributed by atoms with Crippen molar-refractivity contribution in [3.8, 4) is 0 Å². The van der Waals surface area contributed by atoms with E-state index in [0.717, 1.165) is 5.82 Å². The maximum atomic E-state index is 12.1. The average Bonchev–Trinajstić information content (AvgIpc) is 2.94. The first-order chi connectivity index (χ1) is 9.65. The minimum Gasteiger partial charge on any atom is -0.367 e. The summed E-state index contributed by atoms with van der Waals surface area (Å²) in [6.45, 7) is 1.26. The second-order valence-corrected chi connectivity index (χ2v) is 6.36. The van der Waals surface area contributed by atoms with E-state index in [9.17, 15) is 8.42 Å². The van der Waals surface area contributed by atoms with Gasteiger partial charge in [-0.1, -0.05) is 18.2 Å². The Morgan fingerprint density at radius 3 is 2.95 bits per heavy atom. The lowest BCUT2D eigenvalue weighted by molar-refractivity contribution is 0.00586. The van der Waals surface area contributed by atoms with E-state index < -0.39 is 10.0 Å². The highest BCUT2D eigenvalue weighted by Crippen LogP contribution is 2.13. The molecule has 1 aromatic heterocycles. The third-order valence-electron chi connectivity index (χ3n) is 3.20. The van der Waals surface area contributed by atoms with Crippen molar-refractivity contribution < 1.29 is 13.2 Å². The fourth-order valence-corrected chi connectivity index (χ4v) is 3.21. The number of aromatic nitrogens is 2. The Bertz CT molecular complexity index is 682. The Morgan fingerprint density at radius 2 is 2.15 bits per heavy atom. The predicted octanol–water partition coefficient (Wildman–Crippen LogP) is 0.760. The third-order valence-corrected chi connectivity index (χ3v) is 4.64. The van der Waals surface area contributed by atoms with Crippen molar-refractivity contribution in [2.75, 3.05) is 6.54 Å². The van der Waals surface area contributed by atoms with Crippen LogP contribution in [0.5, 0.6) is 0 Å². The van der Waals surface area contributed by atoms with Gasteiger partial charge in [-0.15, -0.1) is 0 Å². The van der Waals surface area contributed by atoms with Crippen molar-refractivity contribution in [2.45, 2.75) is 24.2 Å². The minimum absolute atomic E-state index is 0.185. The van der Waals surface area contributed by atoms with Crippen LogP contribution in [0.25, 0.3) is 0 Å². The number of nitrogens with zero attached hydrogens (tertiary/aromatic N) is 2. The lowest BCUT2D eigenvalue weighted by Crippen LogP contribution is -2.38. The molecule has 0 aliphatic carbocycles. The van der Waals surface area contributed by atoms with Gasteiger partial charge in [0.05, 0.1) is 17.5 Å². The zero-order valence-corrected chi connectivity index (χ0v) is 11.6. The van der Waals surface area contributed by atoms with Gasteiger partial charge >= 0.3 is 0 Å². The molecule has 0 fully saturated rings. The molecular formula is C13H15N3O3S. The monoisotopic (exact) mass is 293 g/mol. The Balaban J connectivity index is 1.63. The zero-order valence-electron chi connectivity index (χ0n) is 10.8. The fraction of sp³-hybridized carbons (Fsp3) is 0.308. The van der Waals surface area contributed by atoms with Gasteiger partial charge in [-0.2, -0.15) is 0 Å². The SMILES string of the molecule is O=S(=O)(NC[C@H]1Cn2ccnc2CO1)c1ccccc1. The summed E-state index contributed by atoms with van der Waals surface area (Å²) in [5.41, 5.74) is 0. The molecule has 0 amide bonds. The molecule has 20 heavy (non-hydrogen) atoms. The Kier molecular flexibility index (Phi) is 3.56. The molecule has 1 atom stereocenters. The van der Waals surface area contributed by atoms with Gasteiger partial charge in [-0.3, -0.25) is 0 Å². The van der Waals surface area contributed by atoms with Gasteiger partial charge in [-0.25, -0.2) is 18.1 Å². The van der Waals surface area contributed by atoms with Crippen molar-refractivity contribution in [3.63, 3.8) is 0 Å². The number of nitrogens with one attached hydrogen (secondary N) is 1. The van der Waals surface area contributed by atoms with Crippen LogP contribution < -0.4 is 4.72 Å². The van der Waals surface area contributed by atoms with E-state index in [0.29, 0.717) is 13.2 Å². The van der Waals surface area contributed by atoms with Gasteiger partial charge in [0.1, 0.15) is 12.4 Å². The fourth-order valence-electron chi connectivity index (χ4n) is 2.12. The molecule has 0 unspecified atom stereocenters. The molecule has 1 N–H and O–H groups in total. The Morgan fingerprint density at radius 1 is 1.35 bits per heavy atom. The molecule has 0 spiro atoms. The summed E-state index contributed by atoms with van der Waals surface area (Å²) in [6, 6.07) is 8.31. The van der Waals surface area contributed by atoms with Crippen molar-refractivity contribution in [1.29, 1.82) is 0 Å². The molecule has 3 rings (SSSR count). The molecule has 0 saturated heterocycles. The number of benzene rings is 1. The molecule has 0 bridgehead atoms. The molecular weight excluding hydrogens is 278 g/mol. The van der Waals surface area contributed by atoms with Crippen molar-refractivity contribution in [1.82, 2.24) is 14.3 Å².